The van der Waals surface area contributed by atoms with Crippen LogP contribution >= 0.6 is 0 Å². The maximum absolute atomic E-state index is 12.6. The van der Waals surface area contributed by atoms with Crippen LogP contribution in [0, 0.1) is 5.92 Å². The highest BCUT2D eigenvalue weighted by Gasteiger charge is 2.24. The molecule has 0 bridgehead atoms. The van der Waals surface area contributed by atoms with Crippen LogP contribution in [0.1, 0.15) is 77.6 Å². The van der Waals surface area contributed by atoms with Gasteiger partial charge in [0.1, 0.15) is 11.2 Å². The molecule has 1 fully saturated rings. The van der Waals surface area contributed by atoms with E-state index in [-0.39, 0.29) is 11.9 Å². The normalized spacial score (nSPS) is 18.9. The van der Waals surface area contributed by atoms with E-state index in [0.29, 0.717) is 23.7 Å². The first-order chi connectivity index (χ1) is 14.8. The molecule has 32 heavy (non-hydrogen) atoms. The van der Waals surface area contributed by atoms with Crippen LogP contribution in [-0.2, 0) is 9.47 Å². The van der Waals surface area contributed by atoms with Crippen LogP contribution in [0.3, 0.4) is 0 Å². The van der Waals surface area contributed by atoms with Crippen molar-refractivity contribution < 1.29 is 23.9 Å². The van der Waals surface area contributed by atoms with Gasteiger partial charge in [0.15, 0.2) is 0 Å². The second-order valence-corrected chi connectivity index (χ2v) is 10.2. The van der Waals surface area contributed by atoms with Crippen molar-refractivity contribution >= 4 is 23.8 Å². The Labute approximate surface area is 190 Å². The first kappa shape index (κ1) is 25.4. The minimum Gasteiger partial charge on any atom is -0.444 e. The average molecular weight is 449 g/mol. The Bertz CT molecular complexity index is 805. The van der Waals surface area contributed by atoms with E-state index < -0.39 is 23.4 Å². The molecule has 1 aromatic heterocycles. The minimum atomic E-state index is -0.617. The lowest BCUT2D eigenvalue weighted by Gasteiger charge is -2.29. The van der Waals surface area contributed by atoms with Crippen LogP contribution < -0.4 is 16.0 Å². The molecule has 0 atom stereocenters. The lowest BCUT2D eigenvalue weighted by atomic mass is 9.86. The van der Waals surface area contributed by atoms with Gasteiger partial charge in [-0.2, -0.15) is 0 Å². The highest BCUT2D eigenvalue weighted by Crippen LogP contribution is 2.24. The zero-order valence-corrected chi connectivity index (χ0v) is 19.9. The number of pyridine rings is 1. The lowest BCUT2D eigenvalue weighted by molar-refractivity contribution is 0.0513. The van der Waals surface area contributed by atoms with E-state index in [1.54, 1.807) is 26.8 Å². The number of hydrogen-bond donors (Lipinski definition) is 3. The van der Waals surface area contributed by atoms with E-state index in [1.165, 1.54) is 12.4 Å². The van der Waals surface area contributed by atoms with Crippen LogP contribution in [0.4, 0.5) is 15.3 Å². The number of ether oxygens (including phenoxy) is 2. The monoisotopic (exact) mass is 448 g/mol. The average Bonchev–Trinajstić information content (AvgIpc) is 2.64. The van der Waals surface area contributed by atoms with Crippen molar-refractivity contribution in [3.8, 4) is 0 Å². The maximum Gasteiger partial charge on any atom is 0.412 e. The molecule has 1 heterocycles. The smallest absolute Gasteiger partial charge is 0.412 e. The van der Waals surface area contributed by atoms with Crippen LogP contribution in [0.15, 0.2) is 18.5 Å². The molecular formula is C23H36N4O5. The Hall–Kier alpha value is -2.84. The number of nitrogens with one attached hydrogen (secondary N) is 3. The molecule has 3 amide bonds. The molecule has 9 heteroatoms. The summed E-state index contributed by atoms with van der Waals surface area (Å²) in [6.45, 7) is 11.4. The summed E-state index contributed by atoms with van der Waals surface area (Å²) in [4.78, 5) is 40.4. The molecule has 0 aliphatic heterocycles. The van der Waals surface area contributed by atoms with Crippen molar-refractivity contribution in [1.29, 1.82) is 0 Å². The number of nitrogens with zero attached hydrogens (tertiary/aromatic N) is 1. The molecule has 1 saturated carbocycles. The lowest BCUT2D eigenvalue weighted by Crippen LogP contribution is -2.40. The Morgan fingerprint density at radius 3 is 2.12 bits per heavy atom. The van der Waals surface area contributed by atoms with Gasteiger partial charge in [-0.15, -0.1) is 0 Å². The molecule has 0 unspecified atom stereocenters. The fourth-order valence-electron chi connectivity index (χ4n) is 3.38. The molecule has 178 valence electrons. The number of carbonyl (C=O) groups is 3. The topological polar surface area (TPSA) is 119 Å². The molecule has 1 aromatic rings. The van der Waals surface area contributed by atoms with Crippen molar-refractivity contribution in [2.45, 2.75) is 84.5 Å². The molecule has 0 saturated heterocycles. The van der Waals surface area contributed by atoms with Gasteiger partial charge in [-0.25, -0.2) is 9.59 Å². The summed E-state index contributed by atoms with van der Waals surface area (Å²) in [6, 6.07) is 1.63. The predicted octanol–water partition coefficient (Wildman–Crippen LogP) is 4.24. The molecule has 0 aromatic carbocycles. The standard InChI is InChI=1S/C23H36N4O5/c1-22(2,3)31-20(29)25-12-15-7-9-17(10-8-15)26-19(28)16-11-18(14-24-13-16)27-21(30)32-23(4,5)6/h11,13-15,17H,7-10,12H2,1-6H3,(H,25,29)(H,26,28)(H,27,30). The number of anilines is 1. The third-order valence-electron chi connectivity index (χ3n) is 4.76. The number of amides is 3. The number of alkyl carbamates (subject to hydrolysis) is 1. The third kappa shape index (κ3) is 9.53. The summed E-state index contributed by atoms with van der Waals surface area (Å²) >= 11 is 0. The molecule has 1 aliphatic carbocycles. The highest BCUT2D eigenvalue weighted by molar-refractivity contribution is 5.96. The van der Waals surface area contributed by atoms with Gasteiger partial charge in [-0.05, 0) is 79.2 Å². The van der Waals surface area contributed by atoms with Crippen LogP contribution in [0.5, 0.6) is 0 Å². The number of hydrogen-bond acceptors (Lipinski definition) is 6. The van der Waals surface area contributed by atoms with Crippen molar-refractivity contribution in [2.24, 2.45) is 5.92 Å². The molecule has 1 aliphatic rings. The first-order valence-electron chi connectivity index (χ1n) is 11.0. The Morgan fingerprint density at radius 1 is 0.938 bits per heavy atom. The van der Waals surface area contributed by atoms with Gasteiger partial charge in [-0.1, -0.05) is 0 Å². The maximum atomic E-state index is 12.6. The van der Waals surface area contributed by atoms with Gasteiger partial charge in [-0.3, -0.25) is 15.1 Å². The van der Waals surface area contributed by atoms with Crippen LogP contribution in [-0.4, -0.2) is 46.9 Å². The zero-order chi connectivity index (χ0) is 23.9. The molecule has 3 N–H and O–H groups in total. The van der Waals surface area contributed by atoms with E-state index in [4.69, 9.17) is 9.47 Å². The summed E-state index contributed by atoms with van der Waals surface area (Å²) in [7, 11) is 0. The fraction of sp³-hybridized carbons (Fsp3) is 0.652. The number of carbonyl (C=O) groups excluding carboxylic acids is 3. The fourth-order valence-corrected chi connectivity index (χ4v) is 3.38. The molecule has 9 nitrogen and oxygen atoms in total. The predicted molar refractivity (Wildman–Crippen MR) is 122 cm³/mol. The van der Waals surface area contributed by atoms with Crippen LogP contribution in [0.2, 0.25) is 0 Å². The van der Waals surface area contributed by atoms with E-state index in [2.05, 4.69) is 20.9 Å². The quantitative estimate of drug-likeness (QED) is 0.620. The Balaban J connectivity index is 1.78. The summed E-state index contributed by atoms with van der Waals surface area (Å²) in [5, 5.41) is 8.45. The van der Waals surface area contributed by atoms with E-state index in [0.717, 1.165) is 25.7 Å². The van der Waals surface area contributed by atoms with Gasteiger partial charge in [0.25, 0.3) is 5.91 Å². The molecule has 2 rings (SSSR count). The first-order valence-corrected chi connectivity index (χ1v) is 11.0. The largest absolute Gasteiger partial charge is 0.444 e. The second kappa shape index (κ2) is 10.7. The summed E-state index contributed by atoms with van der Waals surface area (Å²) in [6.07, 6.45) is 5.38. The van der Waals surface area contributed by atoms with Crippen molar-refractivity contribution in [1.82, 2.24) is 15.6 Å². The summed E-state index contributed by atoms with van der Waals surface area (Å²) in [5.41, 5.74) is -0.370. The third-order valence-corrected chi connectivity index (χ3v) is 4.76. The molecule has 0 radical (unpaired) electrons. The van der Waals surface area contributed by atoms with Gasteiger partial charge in [0.05, 0.1) is 17.4 Å². The van der Waals surface area contributed by atoms with Crippen molar-refractivity contribution in [3.05, 3.63) is 24.0 Å². The van der Waals surface area contributed by atoms with Gasteiger partial charge >= 0.3 is 12.2 Å². The Kier molecular flexibility index (Phi) is 8.46. The Morgan fingerprint density at radius 2 is 1.53 bits per heavy atom. The molecular weight excluding hydrogens is 412 g/mol. The van der Waals surface area contributed by atoms with Crippen LogP contribution in [0.25, 0.3) is 0 Å². The van der Waals surface area contributed by atoms with Gasteiger partial charge < -0.3 is 20.1 Å². The summed E-state index contributed by atoms with van der Waals surface area (Å²) < 4.78 is 10.5. The van der Waals surface area contributed by atoms with Crippen molar-refractivity contribution in [3.63, 3.8) is 0 Å². The molecule has 0 spiro atoms. The van der Waals surface area contributed by atoms with Gasteiger partial charge in [0.2, 0.25) is 0 Å². The minimum absolute atomic E-state index is 0.0581. The van der Waals surface area contributed by atoms with Crippen molar-refractivity contribution in [2.75, 3.05) is 11.9 Å². The van der Waals surface area contributed by atoms with E-state index in [1.807, 2.05) is 20.8 Å². The zero-order valence-electron chi connectivity index (χ0n) is 19.9. The number of aromatic nitrogens is 1. The SMILES string of the molecule is CC(C)(C)OC(=O)NCC1CCC(NC(=O)c2cncc(NC(=O)OC(C)(C)C)c2)CC1. The van der Waals surface area contributed by atoms with E-state index >= 15 is 0 Å². The summed E-state index contributed by atoms with van der Waals surface area (Å²) in [5.74, 6) is 0.124. The number of rotatable bonds is 5. The highest BCUT2D eigenvalue weighted by atomic mass is 16.6. The van der Waals surface area contributed by atoms with E-state index in [9.17, 15) is 14.4 Å². The second-order valence-electron chi connectivity index (χ2n) is 10.2. The van der Waals surface area contributed by atoms with Gasteiger partial charge in [0, 0.05) is 18.8 Å².